The molecule has 0 aliphatic carbocycles. The summed E-state index contributed by atoms with van der Waals surface area (Å²) in [6.07, 6.45) is -3.64. The largest absolute Gasteiger partial charge is 0.481 e. The number of carboxylic acids is 1. The van der Waals surface area contributed by atoms with Crippen LogP contribution in [-0.2, 0) is 17.4 Å². The van der Waals surface area contributed by atoms with Crippen LogP contribution in [0.4, 0.5) is 13.2 Å². The van der Waals surface area contributed by atoms with Crippen LogP contribution in [0.25, 0.3) is 0 Å². The lowest BCUT2D eigenvalue weighted by atomic mass is 9.96. The normalized spacial score (nSPS) is 14.7. The van der Waals surface area contributed by atoms with Crippen molar-refractivity contribution in [1.29, 1.82) is 0 Å². The van der Waals surface area contributed by atoms with Crippen molar-refractivity contribution in [3.05, 3.63) is 35.4 Å². The van der Waals surface area contributed by atoms with Gasteiger partial charge in [-0.05, 0) is 37.3 Å². The summed E-state index contributed by atoms with van der Waals surface area (Å²) in [7, 11) is 0. The van der Waals surface area contributed by atoms with Gasteiger partial charge in [-0.15, -0.1) is 0 Å². The zero-order chi connectivity index (χ0) is 17.6. The van der Waals surface area contributed by atoms with Crippen molar-refractivity contribution in [2.45, 2.75) is 45.8 Å². The summed E-state index contributed by atoms with van der Waals surface area (Å²) in [5.74, 6) is -1.16. The quantitative estimate of drug-likeness (QED) is 0.758. The molecule has 6 heteroatoms. The third-order valence-corrected chi connectivity index (χ3v) is 3.67. The first-order valence-electron chi connectivity index (χ1n) is 7.72. The zero-order valence-electron chi connectivity index (χ0n) is 13.7. The van der Waals surface area contributed by atoms with Gasteiger partial charge in [0, 0.05) is 12.6 Å². The van der Waals surface area contributed by atoms with Gasteiger partial charge >= 0.3 is 12.1 Å². The number of hydrogen-bond donors (Lipinski definition) is 2. The van der Waals surface area contributed by atoms with E-state index in [9.17, 15) is 23.1 Å². The topological polar surface area (TPSA) is 49.3 Å². The van der Waals surface area contributed by atoms with Gasteiger partial charge in [-0.2, -0.15) is 13.2 Å². The van der Waals surface area contributed by atoms with Crippen LogP contribution in [0.5, 0.6) is 0 Å². The number of halogens is 3. The summed E-state index contributed by atoms with van der Waals surface area (Å²) in [6.45, 7) is 5.90. The lowest BCUT2D eigenvalue weighted by molar-refractivity contribution is -0.142. The van der Waals surface area contributed by atoms with Gasteiger partial charge in [-0.25, -0.2) is 0 Å². The lowest BCUT2D eigenvalue weighted by Crippen LogP contribution is -2.36. The molecular weight excluding hydrogens is 307 g/mol. The molecule has 2 N–H and O–H groups in total. The van der Waals surface area contributed by atoms with Gasteiger partial charge < -0.3 is 10.4 Å². The number of alkyl halides is 3. The first-order valence-corrected chi connectivity index (χ1v) is 7.72. The first-order chi connectivity index (χ1) is 10.6. The van der Waals surface area contributed by atoms with E-state index in [1.54, 1.807) is 13.0 Å². The Morgan fingerprint density at radius 3 is 2.35 bits per heavy atom. The van der Waals surface area contributed by atoms with E-state index in [0.29, 0.717) is 6.42 Å². The van der Waals surface area contributed by atoms with E-state index >= 15 is 0 Å². The minimum atomic E-state index is -4.38. The Kier molecular flexibility index (Phi) is 7.06. The van der Waals surface area contributed by atoms with Gasteiger partial charge in [0.05, 0.1) is 11.5 Å². The van der Waals surface area contributed by atoms with Crippen LogP contribution in [0.1, 0.15) is 38.3 Å². The summed E-state index contributed by atoms with van der Waals surface area (Å²) in [5.41, 5.74) is -0.415. The number of benzene rings is 1. The van der Waals surface area contributed by atoms with Gasteiger partial charge in [0.15, 0.2) is 0 Å². The Balaban J connectivity index is 2.67. The standard InChI is InChI=1S/C17H24F3NO2/c1-11(2)8-14(16(22)23)10-21-12(3)9-13-6-4-5-7-15(13)17(18,19)20/h4-7,11-12,14,21H,8-10H2,1-3H3,(H,22,23). The fraction of sp³-hybridized carbons (Fsp3) is 0.588. The lowest BCUT2D eigenvalue weighted by Gasteiger charge is -2.21. The maximum atomic E-state index is 13.0. The van der Waals surface area contributed by atoms with E-state index in [1.807, 2.05) is 13.8 Å². The molecular formula is C17H24F3NO2. The predicted molar refractivity (Wildman–Crippen MR) is 83.2 cm³/mol. The highest BCUT2D eigenvalue weighted by molar-refractivity contribution is 5.70. The number of rotatable bonds is 8. The summed E-state index contributed by atoms with van der Waals surface area (Å²) in [5, 5.41) is 12.2. The summed E-state index contributed by atoms with van der Waals surface area (Å²) in [4.78, 5) is 11.2. The van der Waals surface area contributed by atoms with Crippen LogP contribution in [0.2, 0.25) is 0 Å². The highest BCUT2D eigenvalue weighted by Crippen LogP contribution is 2.32. The van der Waals surface area contributed by atoms with Crippen molar-refractivity contribution in [3.8, 4) is 0 Å². The summed E-state index contributed by atoms with van der Waals surface area (Å²) < 4.78 is 38.9. The molecule has 130 valence electrons. The molecule has 0 fully saturated rings. The summed E-state index contributed by atoms with van der Waals surface area (Å²) >= 11 is 0. The smallest absolute Gasteiger partial charge is 0.416 e. The predicted octanol–water partition coefficient (Wildman–Crippen LogP) is 3.97. The van der Waals surface area contributed by atoms with Crippen molar-refractivity contribution >= 4 is 5.97 Å². The molecule has 0 spiro atoms. The maximum Gasteiger partial charge on any atom is 0.416 e. The SMILES string of the molecule is CC(C)CC(CNC(C)Cc1ccccc1C(F)(F)F)C(=O)O. The van der Waals surface area contributed by atoms with Crippen LogP contribution < -0.4 is 5.32 Å². The third-order valence-electron chi connectivity index (χ3n) is 3.67. The second kappa shape index (κ2) is 8.34. The molecule has 0 bridgehead atoms. The number of carbonyl (C=O) groups is 1. The van der Waals surface area contributed by atoms with Crippen LogP contribution in [0, 0.1) is 11.8 Å². The minimum Gasteiger partial charge on any atom is -0.481 e. The Morgan fingerprint density at radius 2 is 1.83 bits per heavy atom. The molecule has 2 unspecified atom stereocenters. The fourth-order valence-corrected chi connectivity index (χ4v) is 2.56. The number of nitrogens with one attached hydrogen (secondary N) is 1. The van der Waals surface area contributed by atoms with Gasteiger partial charge in [-0.1, -0.05) is 32.0 Å². The van der Waals surface area contributed by atoms with Crippen molar-refractivity contribution in [2.24, 2.45) is 11.8 Å². The molecule has 23 heavy (non-hydrogen) atoms. The van der Waals surface area contributed by atoms with Gasteiger partial charge in [0.2, 0.25) is 0 Å². The van der Waals surface area contributed by atoms with Crippen LogP contribution in [-0.4, -0.2) is 23.7 Å². The van der Waals surface area contributed by atoms with E-state index in [-0.39, 0.29) is 30.5 Å². The van der Waals surface area contributed by atoms with Crippen molar-refractivity contribution in [1.82, 2.24) is 5.32 Å². The fourth-order valence-electron chi connectivity index (χ4n) is 2.56. The molecule has 2 atom stereocenters. The van der Waals surface area contributed by atoms with Crippen LogP contribution in [0.3, 0.4) is 0 Å². The van der Waals surface area contributed by atoms with E-state index in [1.165, 1.54) is 12.1 Å². The Labute approximate surface area is 134 Å². The van der Waals surface area contributed by atoms with Crippen LogP contribution >= 0.6 is 0 Å². The maximum absolute atomic E-state index is 13.0. The van der Waals surface area contributed by atoms with Gasteiger partial charge in [0.1, 0.15) is 0 Å². The minimum absolute atomic E-state index is 0.198. The van der Waals surface area contributed by atoms with Gasteiger partial charge in [-0.3, -0.25) is 4.79 Å². The zero-order valence-corrected chi connectivity index (χ0v) is 13.7. The molecule has 0 aliphatic heterocycles. The van der Waals surface area contributed by atoms with E-state index in [0.717, 1.165) is 6.07 Å². The summed E-state index contributed by atoms with van der Waals surface area (Å²) in [6, 6.07) is 5.24. The number of carboxylic acid groups (broad SMARTS) is 1. The van der Waals surface area contributed by atoms with Crippen molar-refractivity contribution in [2.75, 3.05) is 6.54 Å². The third kappa shape index (κ3) is 6.60. The molecule has 0 saturated carbocycles. The number of aliphatic carboxylic acids is 1. The first kappa shape index (κ1) is 19.5. The van der Waals surface area contributed by atoms with Crippen molar-refractivity contribution < 1.29 is 23.1 Å². The highest BCUT2D eigenvalue weighted by Gasteiger charge is 2.33. The molecule has 0 aliphatic rings. The van der Waals surface area contributed by atoms with E-state index < -0.39 is 23.6 Å². The Bertz CT molecular complexity index is 515. The molecule has 1 rings (SSSR count). The molecule has 0 amide bonds. The van der Waals surface area contributed by atoms with Crippen LogP contribution in [0.15, 0.2) is 24.3 Å². The van der Waals surface area contributed by atoms with E-state index in [4.69, 9.17) is 0 Å². The molecule has 3 nitrogen and oxygen atoms in total. The van der Waals surface area contributed by atoms with Gasteiger partial charge in [0.25, 0.3) is 0 Å². The van der Waals surface area contributed by atoms with Crippen molar-refractivity contribution in [3.63, 3.8) is 0 Å². The monoisotopic (exact) mass is 331 g/mol. The second-order valence-electron chi connectivity index (χ2n) is 6.33. The van der Waals surface area contributed by atoms with E-state index in [2.05, 4.69) is 5.32 Å². The molecule has 0 heterocycles. The Morgan fingerprint density at radius 1 is 1.22 bits per heavy atom. The average molecular weight is 331 g/mol. The number of hydrogen-bond acceptors (Lipinski definition) is 2. The molecule has 1 aromatic rings. The second-order valence-corrected chi connectivity index (χ2v) is 6.33. The average Bonchev–Trinajstić information content (AvgIpc) is 2.42. The molecule has 0 radical (unpaired) electrons. The molecule has 0 saturated heterocycles. The molecule has 1 aromatic carbocycles. The molecule has 0 aromatic heterocycles. The Hall–Kier alpha value is -1.56. The highest BCUT2D eigenvalue weighted by atomic mass is 19.4.